The van der Waals surface area contributed by atoms with Crippen LogP contribution in [0.5, 0.6) is 0 Å². The van der Waals surface area contributed by atoms with E-state index in [9.17, 15) is 0 Å². The van der Waals surface area contributed by atoms with Crippen LogP contribution in [0, 0.1) is 0 Å². The number of aliphatic imine (C=N–C) groups is 1. The third-order valence-electron chi connectivity index (χ3n) is 5.82. The van der Waals surface area contributed by atoms with Gasteiger partial charge in [-0.2, -0.15) is 0 Å². The Kier molecular flexibility index (Phi) is 9.24. The number of guanidine groups is 1. The summed E-state index contributed by atoms with van der Waals surface area (Å²) in [5.41, 5.74) is 3.44. The lowest BCUT2D eigenvalue weighted by molar-refractivity contribution is 0.132. The van der Waals surface area contributed by atoms with Crippen LogP contribution in [0.15, 0.2) is 53.7 Å². The lowest BCUT2D eigenvalue weighted by Crippen LogP contribution is -2.45. The predicted octanol–water partition coefficient (Wildman–Crippen LogP) is 2.35. The molecule has 0 saturated carbocycles. The van der Waals surface area contributed by atoms with Gasteiger partial charge in [-0.25, -0.2) is 0 Å². The molecular weight excluding hydrogens is 515 g/mol. The van der Waals surface area contributed by atoms with Crippen molar-refractivity contribution in [3.63, 3.8) is 0 Å². The highest BCUT2D eigenvalue weighted by Gasteiger charge is 2.15. The van der Waals surface area contributed by atoms with E-state index in [0.717, 1.165) is 50.2 Å². The van der Waals surface area contributed by atoms with Crippen molar-refractivity contribution in [3.05, 3.63) is 65.6 Å². The zero-order valence-electron chi connectivity index (χ0n) is 18.9. The van der Waals surface area contributed by atoms with Gasteiger partial charge in [-0.15, -0.1) is 34.2 Å². The van der Waals surface area contributed by atoms with E-state index in [-0.39, 0.29) is 24.0 Å². The Morgan fingerprint density at radius 2 is 1.59 bits per heavy atom. The van der Waals surface area contributed by atoms with E-state index >= 15 is 0 Å². The highest BCUT2D eigenvalue weighted by Crippen LogP contribution is 2.10. The Bertz CT molecular complexity index is 993. The molecule has 8 nitrogen and oxygen atoms in total. The van der Waals surface area contributed by atoms with E-state index < -0.39 is 0 Å². The Hall–Kier alpha value is -2.24. The first-order valence-electron chi connectivity index (χ1n) is 11.0. The number of benzene rings is 1. The number of nitrogens with zero attached hydrogens (tertiary/aromatic N) is 6. The van der Waals surface area contributed by atoms with Crippen molar-refractivity contribution in [1.82, 2.24) is 35.0 Å². The fraction of sp³-hybridized carbons (Fsp3) is 0.435. The topological polar surface area (TPSA) is 73.1 Å². The lowest BCUT2D eigenvalue weighted by atomic mass is 10.1. The van der Waals surface area contributed by atoms with Gasteiger partial charge in [0.25, 0.3) is 0 Å². The molecular formula is C23H33IN8. The van der Waals surface area contributed by atoms with Crippen LogP contribution in [0.4, 0.5) is 0 Å². The molecule has 0 radical (unpaired) electrons. The average molecular weight is 548 g/mol. The van der Waals surface area contributed by atoms with Crippen molar-refractivity contribution in [2.24, 2.45) is 4.99 Å². The minimum atomic E-state index is 0. The van der Waals surface area contributed by atoms with Crippen molar-refractivity contribution in [2.75, 3.05) is 39.8 Å². The summed E-state index contributed by atoms with van der Waals surface area (Å²) >= 11 is 0. The molecule has 9 heteroatoms. The van der Waals surface area contributed by atoms with Crippen LogP contribution in [0.25, 0.3) is 5.65 Å². The van der Waals surface area contributed by atoms with Gasteiger partial charge in [0.2, 0.25) is 0 Å². The van der Waals surface area contributed by atoms with Gasteiger partial charge in [0.1, 0.15) is 0 Å². The van der Waals surface area contributed by atoms with Crippen LogP contribution in [-0.2, 0) is 19.6 Å². The zero-order chi connectivity index (χ0) is 21.5. The minimum Gasteiger partial charge on any atom is -0.352 e. The molecule has 0 atom stereocenters. The zero-order valence-corrected chi connectivity index (χ0v) is 21.2. The monoisotopic (exact) mass is 548 g/mol. The molecule has 0 bridgehead atoms. The van der Waals surface area contributed by atoms with Gasteiger partial charge >= 0.3 is 0 Å². The maximum absolute atomic E-state index is 4.32. The SMILES string of the molecule is CCN1CCN(Cc2ccc(CNC(=NC)NCc3nnc4ccccn34)cc2)CC1.I. The molecule has 32 heavy (non-hydrogen) atoms. The third kappa shape index (κ3) is 6.39. The van der Waals surface area contributed by atoms with Crippen LogP contribution in [0.1, 0.15) is 23.9 Å². The highest BCUT2D eigenvalue weighted by molar-refractivity contribution is 14.0. The lowest BCUT2D eigenvalue weighted by Gasteiger charge is -2.34. The number of hydrogen-bond acceptors (Lipinski definition) is 5. The van der Waals surface area contributed by atoms with Crippen molar-refractivity contribution in [3.8, 4) is 0 Å². The number of pyridine rings is 1. The first-order valence-corrected chi connectivity index (χ1v) is 11.0. The molecule has 1 saturated heterocycles. The highest BCUT2D eigenvalue weighted by atomic mass is 127. The minimum absolute atomic E-state index is 0. The predicted molar refractivity (Wildman–Crippen MR) is 139 cm³/mol. The molecule has 172 valence electrons. The molecule has 3 heterocycles. The first kappa shape index (κ1) is 24.4. The molecule has 0 unspecified atom stereocenters. The van der Waals surface area contributed by atoms with Gasteiger partial charge in [0, 0.05) is 52.5 Å². The molecule has 3 aromatic rings. The number of hydrogen-bond donors (Lipinski definition) is 2. The molecule has 1 fully saturated rings. The molecule has 4 rings (SSSR count). The number of nitrogens with one attached hydrogen (secondary N) is 2. The first-order chi connectivity index (χ1) is 15.2. The standard InChI is InChI=1S/C23H32N8.HI/c1-3-29-12-14-30(15-13-29)18-20-9-7-19(8-10-20)16-25-23(24-2)26-17-22-28-27-21-6-4-5-11-31(21)22;/h4-11H,3,12-18H2,1-2H3,(H2,24,25,26);1H. The summed E-state index contributed by atoms with van der Waals surface area (Å²) in [6, 6.07) is 14.7. The largest absolute Gasteiger partial charge is 0.352 e. The second-order valence-corrected chi connectivity index (χ2v) is 7.85. The number of rotatable bonds is 7. The number of piperazine rings is 1. The molecule has 0 aliphatic carbocycles. The van der Waals surface area contributed by atoms with E-state index in [1.807, 2.05) is 28.8 Å². The summed E-state index contributed by atoms with van der Waals surface area (Å²) in [5.74, 6) is 1.59. The Morgan fingerprint density at radius 1 is 0.906 bits per heavy atom. The molecule has 1 aromatic carbocycles. The Labute approximate surface area is 207 Å². The van der Waals surface area contributed by atoms with Gasteiger partial charge in [0.15, 0.2) is 17.4 Å². The van der Waals surface area contributed by atoms with Gasteiger partial charge in [0.05, 0.1) is 6.54 Å². The number of aromatic nitrogens is 3. The number of halogens is 1. The summed E-state index contributed by atoms with van der Waals surface area (Å²) < 4.78 is 1.97. The fourth-order valence-electron chi connectivity index (χ4n) is 3.87. The van der Waals surface area contributed by atoms with E-state index in [0.29, 0.717) is 6.54 Å². The maximum atomic E-state index is 4.32. The van der Waals surface area contributed by atoms with E-state index in [4.69, 9.17) is 0 Å². The third-order valence-corrected chi connectivity index (χ3v) is 5.82. The van der Waals surface area contributed by atoms with Crippen LogP contribution in [0.2, 0.25) is 0 Å². The van der Waals surface area contributed by atoms with Crippen LogP contribution in [-0.4, -0.2) is 70.1 Å². The second kappa shape index (κ2) is 12.1. The summed E-state index contributed by atoms with van der Waals surface area (Å²) in [4.78, 5) is 9.37. The summed E-state index contributed by atoms with van der Waals surface area (Å²) in [6.45, 7) is 10.4. The van der Waals surface area contributed by atoms with Gasteiger partial charge in [-0.05, 0) is 29.8 Å². The molecule has 2 aromatic heterocycles. The van der Waals surface area contributed by atoms with Crippen LogP contribution < -0.4 is 10.6 Å². The van der Waals surface area contributed by atoms with Crippen molar-refractivity contribution >= 4 is 35.6 Å². The Morgan fingerprint density at radius 3 is 2.31 bits per heavy atom. The van der Waals surface area contributed by atoms with Crippen molar-refractivity contribution < 1.29 is 0 Å². The van der Waals surface area contributed by atoms with E-state index in [2.05, 4.69) is 66.8 Å². The molecule has 2 N–H and O–H groups in total. The summed E-state index contributed by atoms with van der Waals surface area (Å²) in [6.07, 6.45) is 1.97. The fourth-order valence-corrected chi connectivity index (χ4v) is 3.87. The molecule has 1 aliphatic rings. The van der Waals surface area contributed by atoms with Crippen LogP contribution >= 0.6 is 24.0 Å². The summed E-state index contributed by atoms with van der Waals surface area (Å²) in [5, 5.41) is 15.1. The average Bonchev–Trinajstić information content (AvgIpc) is 3.24. The molecule has 1 aliphatic heterocycles. The number of likely N-dealkylation sites (N-methyl/N-ethyl adjacent to an activating group) is 1. The second-order valence-electron chi connectivity index (χ2n) is 7.85. The smallest absolute Gasteiger partial charge is 0.191 e. The molecule has 0 spiro atoms. The number of fused-ring (bicyclic) bond motifs is 1. The van der Waals surface area contributed by atoms with Gasteiger partial charge in [-0.1, -0.05) is 37.3 Å². The maximum Gasteiger partial charge on any atom is 0.191 e. The normalized spacial score (nSPS) is 15.5. The van der Waals surface area contributed by atoms with Crippen molar-refractivity contribution in [1.29, 1.82) is 0 Å². The van der Waals surface area contributed by atoms with Gasteiger partial charge < -0.3 is 15.5 Å². The van der Waals surface area contributed by atoms with E-state index in [1.165, 1.54) is 24.2 Å². The van der Waals surface area contributed by atoms with Gasteiger partial charge in [-0.3, -0.25) is 14.3 Å². The Balaban J connectivity index is 0.00000289. The quantitative estimate of drug-likeness (QED) is 0.269. The van der Waals surface area contributed by atoms with Crippen LogP contribution in [0.3, 0.4) is 0 Å². The van der Waals surface area contributed by atoms with E-state index in [1.54, 1.807) is 7.05 Å². The summed E-state index contributed by atoms with van der Waals surface area (Å²) in [7, 11) is 1.78. The van der Waals surface area contributed by atoms with Crippen molar-refractivity contribution in [2.45, 2.75) is 26.6 Å². The molecule has 0 amide bonds.